The summed E-state index contributed by atoms with van der Waals surface area (Å²) in [6, 6.07) is 0. The van der Waals surface area contributed by atoms with Crippen molar-refractivity contribution < 1.29 is 0 Å². The second kappa shape index (κ2) is 14.9. The monoisotopic (exact) mass is 398 g/mol. The van der Waals surface area contributed by atoms with Gasteiger partial charge in [0.15, 0.2) is 0 Å². The van der Waals surface area contributed by atoms with Crippen LogP contribution in [0.25, 0.3) is 0 Å². The van der Waals surface area contributed by atoms with Gasteiger partial charge in [0.1, 0.15) is 0 Å². The van der Waals surface area contributed by atoms with Gasteiger partial charge in [0.2, 0.25) is 0 Å². The molecule has 0 N–H and O–H groups in total. The molecule has 0 rings (SSSR count). The SMILES string of the molecule is CCC(C)(C)C.CCC(CC)(CC)CC(C)(C)C.CCC(CC)CC(C)(C)C. The molecule has 0 heterocycles. The van der Waals surface area contributed by atoms with Gasteiger partial charge in [0.25, 0.3) is 0 Å². The molecule has 0 aromatic rings. The van der Waals surface area contributed by atoms with Crippen molar-refractivity contribution in [1.29, 1.82) is 0 Å². The number of rotatable bonds is 7. The maximum absolute atomic E-state index is 2.35. The molecule has 0 fully saturated rings. The van der Waals surface area contributed by atoms with Gasteiger partial charge < -0.3 is 0 Å². The molecular formula is C28H62. The zero-order valence-corrected chi connectivity index (χ0v) is 23.2. The van der Waals surface area contributed by atoms with Crippen LogP contribution in [0.15, 0.2) is 0 Å². The quantitative estimate of drug-likeness (QED) is 0.400. The second-order valence-corrected chi connectivity index (χ2v) is 12.7. The van der Waals surface area contributed by atoms with Gasteiger partial charge in [-0.2, -0.15) is 0 Å². The summed E-state index contributed by atoms with van der Waals surface area (Å²) < 4.78 is 0. The Hall–Kier alpha value is 0. The first kappa shape index (κ1) is 32.7. The van der Waals surface area contributed by atoms with Crippen LogP contribution in [0.1, 0.15) is 155 Å². The van der Waals surface area contributed by atoms with E-state index in [2.05, 4.69) is 104 Å². The Morgan fingerprint density at radius 1 is 0.464 bits per heavy atom. The van der Waals surface area contributed by atoms with Crippen molar-refractivity contribution in [3.63, 3.8) is 0 Å². The summed E-state index contributed by atoms with van der Waals surface area (Å²) in [5, 5.41) is 0. The Labute approximate surface area is 183 Å². The first-order valence-corrected chi connectivity index (χ1v) is 12.4. The van der Waals surface area contributed by atoms with Crippen molar-refractivity contribution in [2.24, 2.45) is 27.6 Å². The zero-order chi connectivity index (χ0) is 23.2. The Bertz CT molecular complexity index is 312. The van der Waals surface area contributed by atoms with Crippen LogP contribution in [0.4, 0.5) is 0 Å². The van der Waals surface area contributed by atoms with Gasteiger partial charge in [-0.1, -0.05) is 142 Å². The van der Waals surface area contributed by atoms with Crippen molar-refractivity contribution in [3.8, 4) is 0 Å². The van der Waals surface area contributed by atoms with Crippen molar-refractivity contribution in [3.05, 3.63) is 0 Å². The number of hydrogen-bond acceptors (Lipinski definition) is 0. The lowest BCUT2D eigenvalue weighted by Crippen LogP contribution is -2.24. The van der Waals surface area contributed by atoms with Crippen LogP contribution in [0, 0.1) is 27.6 Å². The fourth-order valence-corrected chi connectivity index (χ4v) is 3.69. The van der Waals surface area contributed by atoms with Crippen molar-refractivity contribution in [2.45, 2.75) is 155 Å². The van der Waals surface area contributed by atoms with E-state index in [-0.39, 0.29) is 0 Å². The highest BCUT2D eigenvalue weighted by molar-refractivity contribution is 4.80. The van der Waals surface area contributed by atoms with Gasteiger partial charge in [-0.3, -0.25) is 0 Å². The molecular weight excluding hydrogens is 336 g/mol. The van der Waals surface area contributed by atoms with Crippen molar-refractivity contribution in [1.82, 2.24) is 0 Å². The van der Waals surface area contributed by atoms with E-state index in [1.807, 2.05) is 0 Å². The third-order valence-electron chi connectivity index (χ3n) is 6.27. The normalized spacial score (nSPS) is 12.9. The lowest BCUT2D eigenvalue weighted by Gasteiger charge is -2.36. The van der Waals surface area contributed by atoms with E-state index in [4.69, 9.17) is 0 Å². The first-order valence-electron chi connectivity index (χ1n) is 12.4. The molecule has 0 unspecified atom stereocenters. The first-order chi connectivity index (χ1) is 12.4. The molecule has 0 spiro atoms. The smallest absolute Gasteiger partial charge is 0.0300 e. The molecule has 0 bridgehead atoms. The minimum Gasteiger partial charge on any atom is -0.0651 e. The predicted molar refractivity (Wildman–Crippen MR) is 135 cm³/mol. The van der Waals surface area contributed by atoms with Crippen LogP contribution in [0.2, 0.25) is 0 Å². The third kappa shape index (κ3) is 22.3. The average Bonchev–Trinajstić information content (AvgIpc) is 2.56. The molecule has 0 nitrogen and oxygen atoms in total. The van der Waals surface area contributed by atoms with Crippen molar-refractivity contribution in [2.75, 3.05) is 0 Å². The van der Waals surface area contributed by atoms with Crippen molar-refractivity contribution >= 4 is 0 Å². The van der Waals surface area contributed by atoms with Gasteiger partial charge in [-0.25, -0.2) is 0 Å². The largest absolute Gasteiger partial charge is 0.0651 e. The molecule has 0 saturated heterocycles. The van der Waals surface area contributed by atoms with E-state index in [1.165, 1.54) is 51.4 Å². The molecule has 0 aliphatic rings. The molecule has 0 atom stereocenters. The van der Waals surface area contributed by atoms with Crippen LogP contribution in [-0.2, 0) is 0 Å². The summed E-state index contributed by atoms with van der Waals surface area (Å²) in [5.74, 6) is 0.944. The topological polar surface area (TPSA) is 0 Å². The second-order valence-electron chi connectivity index (χ2n) is 12.7. The van der Waals surface area contributed by atoms with Crippen LogP contribution in [0.5, 0.6) is 0 Å². The van der Waals surface area contributed by atoms with E-state index < -0.39 is 0 Å². The van der Waals surface area contributed by atoms with Gasteiger partial charge in [-0.15, -0.1) is 0 Å². The van der Waals surface area contributed by atoms with Crippen LogP contribution in [-0.4, -0.2) is 0 Å². The third-order valence-corrected chi connectivity index (χ3v) is 6.27. The van der Waals surface area contributed by atoms with E-state index in [0.717, 1.165) is 5.92 Å². The van der Waals surface area contributed by atoms with Crippen LogP contribution < -0.4 is 0 Å². The number of hydrogen-bond donors (Lipinski definition) is 0. The van der Waals surface area contributed by atoms with Crippen LogP contribution >= 0.6 is 0 Å². The Kier molecular flexibility index (Phi) is 17.4. The minimum absolute atomic E-state index is 0.488. The van der Waals surface area contributed by atoms with Gasteiger partial charge in [0, 0.05) is 0 Å². The maximum Gasteiger partial charge on any atom is -0.0300 e. The molecule has 0 aliphatic heterocycles. The molecule has 174 valence electrons. The summed E-state index contributed by atoms with van der Waals surface area (Å²) >= 11 is 0. The molecule has 0 aliphatic carbocycles. The minimum atomic E-state index is 0.488. The molecule has 0 aromatic carbocycles. The Balaban J connectivity index is -0.000000354. The van der Waals surface area contributed by atoms with E-state index in [0.29, 0.717) is 21.7 Å². The standard InChI is InChI=1S/C12H26.C10H22.C6H14/c1-7-12(8-2,9-3)10-11(4,5)6;1-6-9(7-2)8-10(3,4)5;1-5-6(2,3)4/h7-10H2,1-6H3;9H,6-8H2,1-5H3;5H2,1-4H3. The highest BCUT2D eigenvalue weighted by Gasteiger charge is 2.29. The fourth-order valence-electron chi connectivity index (χ4n) is 3.69. The average molecular weight is 399 g/mol. The summed E-state index contributed by atoms with van der Waals surface area (Å²) in [4.78, 5) is 0. The molecule has 0 aromatic heterocycles. The lowest BCUT2D eigenvalue weighted by atomic mass is 9.69. The van der Waals surface area contributed by atoms with E-state index in [9.17, 15) is 0 Å². The van der Waals surface area contributed by atoms with E-state index >= 15 is 0 Å². The fraction of sp³-hybridized carbons (Fsp3) is 1.00. The van der Waals surface area contributed by atoms with Gasteiger partial charge in [-0.05, 0) is 40.4 Å². The summed E-state index contributed by atoms with van der Waals surface area (Å²) in [5.41, 5.74) is 2.16. The summed E-state index contributed by atoms with van der Waals surface area (Å²) in [6.45, 7) is 34.5. The molecule has 0 radical (unpaired) electrons. The lowest BCUT2D eigenvalue weighted by molar-refractivity contribution is 0.149. The Morgan fingerprint density at radius 3 is 0.857 bits per heavy atom. The molecule has 28 heavy (non-hydrogen) atoms. The molecule has 0 saturated carbocycles. The van der Waals surface area contributed by atoms with Gasteiger partial charge in [0.05, 0.1) is 0 Å². The highest BCUT2D eigenvalue weighted by Crippen LogP contribution is 2.41. The Morgan fingerprint density at radius 2 is 0.786 bits per heavy atom. The summed E-state index contributed by atoms with van der Waals surface area (Å²) in [7, 11) is 0. The molecule has 0 amide bonds. The van der Waals surface area contributed by atoms with E-state index in [1.54, 1.807) is 0 Å². The maximum atomic E-state index is 2.35. The molecule has 0 heteroatoms. The van der Waals surface area contributed by atoms with Crippen LogP contribution in [0.3, 0.4) is 0 Å². The zero-order valence-electron chi connectivity index (χ0n) is 23.2. The highest BCUT2D eigenvalue weighted by atomic mass is 14.3. The summed E-state index contributed by atoms with van der Waals surface area (Å²) in [6.07, 6.45) is 10.7. The predicted octanol–water partition coefficient (Wildman–Crippen LogP) is 10.9. The van der Waals surface area contributed by atoms with Gasteiger partial charge >= 0.3 is 0 Å².